The van der Waals surface area contributed by atoms with E-state index in [-0.39, 0.29) is 12.0 Å². The first-order valence-electron chi connectivity index (χ1n) is 12.5. The molecular formula is C28H35N5O3. The highest BCUT2D eigenvalue weighted by molar-refractivity contribution is 5.95. The zero-order valence-electron chi connectivity index (χ0n) is 21.8. The summed E-state index contributed by atoms with van der Waals surface area (Å²) in [4.78, 5) is 31.3. The Hall–Kier alpha value is -3.65. The lowest BCUT2D eigenvalue weighted by Crippen LogP contribution is -2.42. The standard InChI is InChI=1S/C28H35N5O3/c1-18-23(16-29)25(24(17-30)19(2)32-18)21-7-6-8-22(15-21)26(34)31-12-9-20-10-13-33(14-11-20)27(35)36-28(3,4)5/h6-8,15,20,23,25H,9-14H2,1-5H3,(H,31,34). The molecule has 2 unspecified atom stereocenters. The van der Waals surface area contributed by atoms with Crippen LogP contribution in [-0.4, -0.2) is 47.8 Å². The number of ether oxygens (including phenoxy) is 1. The first-order chi connectivity index (χ1) is 17.0. The number of benzene rings is 1. The molecule has 2 atom stereocenters. The monoisotopic (exact) mass is 489 g/mol. The summed E-state index contributed by atoms with van der Waals surface area (Å²) < 4.78 is 5.45. The first kappa shape index (κ1) is 26.9. The number of nitrogens with zero attached hydrogens (tertiary/aromatic N) is 4. The molecule has 1 N–H and O–H groups in total. The molecule has 0 bridgehead atoms. The Morgan fingerprint density at radius 1 is 1.19 bits per heavy atom. The average Bonchev–Trinajstić information content (AvgIpc) is 2.83. The predicted octanol–water partition coefficient (Wildman–Crippen LogP) is 4.95. The van der Waals surface area contributed by atoms with Crippen LogP contribution in [0.1, 0.15) is 75.7 Å². The largest absolute Gasteiger partial charge is 0.444 e. The molecule has 190 valence electrons. The fraction of sp³-hybridized carbons (Fsp3) is 0.536. The fourth-order valence-electron chi connectivity index (χ4n) is 4.80. The van der Waals surface area contributed by atoms with Crippen molar-refractivity contribution in [3.05, 3.63) is 46.7 Å². The van der Waals surface area contributed by atoms with Crippen LogP contribution in [0.2, 0.25) is 0 Å². The molecule has 36 heavy (non-hydrogen) atoms. The Labute approximate surface area is 213 Å². The Kier molecular flexibility index (Phi) is 8.53. The van der Waals surface area contributed by atoms with Gasteiger partial charge in [-0.1, -0.05) is 12.1 Å². The second-order valence-electron chi connectivity index (χ2n) is 10.5. The molecule has 2 aliphatic heterocycles. The van der Waals surface area contributed by atoms with E-state index < -0.39 is 17.4 Å². The van der Waals surface area contributed by atoms with Crippen molar-refractivity contribution >= 4 is 17.7 Å². The Balaban J connectivity index is 1.56. The molecular weight excluding hydrogens is 454 g/mol. The summed E-state index contributed by atoms with van der Waals surface area (Å²) in [5.74, 6) is -0.743. The number of nitriles is 2. The van der Waals surface area contributed by atoms with Crippen LogP contribution >= 0.6 is 0 Å². The van der Waals surface area contributed by atoms with Crippen molar-refractivity contribution < 1.29 is 14.3 Å². The lowest BCUT2D eigenvalue weighted by molar-refractivity contribution is 0.0181. The number of likely N-dealkylation sites (tertiary alicyclic amines) is 1. The van der Waals surface area contributed by atoms with Gasteiger partial charge in [-0.05, 0) is 77.5 Å². The van der Waals surface area contributed by atoms with Crippen molar-refractivity contribution in [3.63, 3.8) is 0 Å². The summed E-state index contributed by atoms with van der Waals surface area (Å²) in [7, 11) is 0. The minimum Gasteiger partial charge on any atom is -0.444 e. The molecule has 0 radical (unpaired) electrons. The van der Waals surface area contributed by atoms with Crippen LogP contribution < -0.4 is 5.32 Å². The predicted molar refractivity (Wildman–Crippen MR) is 137 cm³/mol. The van der Waals surface area contributed by atoms with Crippen molar-refractivity contribution in [1.29, 1.82) is 10.5 Å². The van der Waals surface area contributed by atoms with Crippen LogP contribution in [0.4, 0.5) is 4.79 Å². The SMILES string of the molecule is CC1=NC(C)=C(C#N)C(c2cccc(C(=O)NCCC3CCN(C(=O)OC(C)(C)C)CC3)c2)C1C#N. The molecule has 1 saturated heterocycles. The van der Waals surface area contributed by atoms with Crippen molar-refractivity contribution in [2.45, 2.75) is 65.4 Å². The van der Waals surface area contributed by atoms with Gasteiger partial charge < -0.3 is 15.0 Å². The molecule has 0 spiro atoms. The van der Waals surface area contributed by atoms with E-state index in [9.17, 15) is 20.1 Å². The molecule has 8 nitrogen and oxygen atoms in total. The molecule has 2 heterocycles. The third-order valence-electron chi connectivity index (χ3n) is 6.70. The number of piperidine rings is 1. The molecule has 0 aliphatic carbocycles. The third-order valence-corrected chi connectivity index (χ3v) is 6.70. The minimum absolute atomic E-state index is 0.183. The number of hydrogen-bond donors (Lipinski definition) is 1. The van der Waals surface area contributed by atoms with Crippen LogP contribution in [0.25, 0.3) is 0 Å². The van der Waals surface area contributed by atoms with Crippen LogP contribution in [-0.2, 0) is 4.74 Å². The lowest BCUT2D eigenvalue weighted by Gasteiger charge is -2.33. The van der Waals surface area contributed by atoms with Gasteiger partial charge >= 0.3 is 6.09 Å². The highest BCUT2D eigenvalue weighted by Crippen LogP contribution is 2.38. The van der Waals surface area contributed by atoms with Gasteiger partial charge in [-0.2, -0.15) is 10.5 Å². The van der Waals surface area contributed by atoms with E-state index in [0.29, 0.717) is 48.1 Å². The van der Waals surface area contributed by atoms with Gasteiger partial charge in [0.05, 0.1) is 29.3 Å². The molecule has 0 aromatic heterocycles. The van der Waals surface area contributed by atoms with Crippen LogP contribution in [0.5, 0.6) is 0 Å². The minimum atomic E-state index is -0.548. The number of carbonyl (C=O) groups is 2. The number of rotatable bonds is 5. The Morgan fingerprint density at radius 3 is 2.50 bits per heavy atom. The van der Waals surface area contributed by atoms with Crippen molar-refractivity contribution in [2.24, 2.45) is 16.8 Å². The Morgan fingerprint density at radius 2 is 1.89 bits per heavy atom. The maximum atomic E-state index is 12.9. The topological polar surface area (TPSA) is 119 Å². The third kappa shape index (κ3) is 6.51. The van der Waals surface area contributed by atoms with Gasteiger partial charge in [0.2, 0.25) is 0 Å². The summed E-state index contributed by atoms with van der Waals surface area (Å²) in [5, 5.41) is 22.4. The van der Waals surface area contributed by atoms with Gasteiger partial charge in [-0.15, -0.1) is 0 Å². The highest BCUT2D eigenvalue weighted by Gasteiger charge is 2.34. The van der Waals surface area contributed by atoms with Crippen LogP contribution in [0.15, 0.2) is 40.5 Å². The second kappa shape index (κ2) is 11.4. The van der Waals surface area contributed by atoms with Gasteiger partial charge in [0.25, 0.3) is 5.91 Å². The van der Waals surface area contributed by atoms with E-state index in [0.717, 1.165) is 24.8 Å². The van der Waals surface area contributed by atoms with E-state index in [1.165, 1.54) is 0 Å². The molecule has 8 heteroatoms. The Bertz CT molecular complexity index is 1140. The fourth-order valence-corrected chi connectivity index (χ4v) is 4.80. The van der Waals surface area contributed by atoms with E-state index >= 15 is 0 Å². The zero-order valence-corrected chi connectivity index (χ0v) is 21.8. The zero-order chi connectivity index (χ0) is 26.5. The molecule has 1 aromatic carbocycles. The number of nitrogens with one attached hydrogen (secondary N) is 1. The van der Waals surface area contributed by atoms with E-state index in [2.05, 4.69) is 22.4 Å². The average molecular weight is 490 g/mol. The van der Waals surface area contributed by atoms with E-state index in [1.54, 1.807) is 36.9 Å². The van der Waals surface area contributed by atoms with Gasteiger partial charge in [0, 0.05) is 36.8 Å². The quantitative estimate of drug-likeness (QED) is 0.628. The van der Waals surface area contributed by atoms with Gasteiger partial charge in [-0.3, -0.25) is 9.79 Å². The number of allylic oxidation sites excluding steroid dienone is 2. The maximum Gasteiger partial charge on any atom is 0.410 e. The van der Waals surface area contributed by atoms with Crippen LogP contribution in [0.3, 0.4) is 0 Å². The highest BCUT2D eigenvalue weighted by atomic mass is 16.6. The van der Waals surface area contributed by atoms with Gasteiger partial charge in [0.1, 0.15) is 5.60 Å². The summed E-state index contributed by atoms with van der Waals surface area (Å²) in [5.41, 5.74) is 2.50. The number of hydrogen-bond acceptors (Lipinski definition) is 6. The molecule has 0 saturated carbocycles. The summed E-state index contributed by atoms with van der Waals surface area (Å²) >= 11 is 0. The van der Waals surface area contributed by atoms with Gasteiger partial charge in [0.15, 0.2) is 0 Å². The number of carbonyl (C=O) groups excluding carboxylic acids is 2. The normalized spacial score (nSPS) is 20.8. The van der Waals surface area contributed by atoms with Crippen molar-refractivity contribution in [2.75, 3.05) is 19.6 Å². The second-order valence-corrected chi connectivity index (χ2v) is 10.5. The maximum absolute atomic E-state index is 12.9. The lowest BCUT2D eigenvalue weighted by atomic mass is 9.76. The van der Waals surface area contributed by atoms with Crippen molar-refractivity contribution in [1.82, 2.24) is 10.2 Å². The molecule has 3 rings (SSSR count). The number of aliphatic imine (C=N–C) groups is 1. The number of amides is 2. The van der Waals surface area contributed by atoms with E-state index in [1.807, 2.05) is 26.8 Å². The summed E-state index contributed by atoms with van der Waals surface area (Å²) in [6.07, 6.45) is 2.33. The first-order valence-corrected chi connectivity index (χ1v) is 12.5. The molecule has 1 fully saturated rings. The van der Waals surface area contributed by atoms with Crippen molar-refractivity contribution in [3.8, 4) is 12.1 Å². The summed E-state index contributed by atoms with van der Waals surface area (Å²) in [6, 6.07) is 11.6. The summed E-state index contributed by atoms with van der Waals surface area (Å²) in [6.45, 7) is 11.0. The van der Waals surface area contributed by atoms with Crippen LogP contribution in [0, 0.1) is 34.5 Å². The van der Waals surface area contributed by atoms with E-state index in [4.69, 9.17) is 4.74 Å². The molecule has 2 amide bonds. The molecule has 1 aromatic rings. The van der Waals surface area contributed by atoms with Gasteiger partial charge in [-0.25, -0.2) is 4.79 Å². The molecule has 2 aliphatic rings. The smallest absolute Gasteiger partial charge is 0.410 e.